The molecule has 6 nitrogen and oxygen atoms in total. The van der Waals surface area contributed by atoms with Gasteiger partial charge in [0.15, 0.2) is 0 Å². The van der Waals surface area contributed by atoms with Crippen molar-refractivity contribution in [3.63, 3.8) is 0 Å². The number of nitrogens with two attached hydrogens (primary N) is 1. The van der Waals surface area contributed by atoms with Crippen LogP contribution in [-0.2, 0) is 22.6 Å². The van der Waals surface area contributed by atoms with E-state index in [4.69, 9.17) is 10.5 Å². The maximum absolute atomic E-state index is 12.1. The lowest BCUT2D eigenvalue weighted by molar-refractivity contribution is -0.123. The highest BCUT2D eigenvalue weighted by Gasteiger charge is 2.12. The number of carbonyl (C=O) groups is 1. The number of hydrogen-bond donors (Lipinski definition) is 2. The average Bonchev–Trinajstić information content (AvgIpc) is 3.24. The van der Waals surface area contributed by atoms with E-state index in [1.165, 1.54) is 5.56 Å². The minimum Gasteiger partial charge on any atom is -0.380 e. The fourth-order valence-electron chi connectivity index (χ4n) is 3.06. The molecule has 1 amide bonds. The van der Waals surface area contributed by atoms with E-state index >= 15 is 0 Å². The van der Waals surface area contributed by atoms with Crippen molar-refractivity contribution in [3.8, 4) is 11.1 Å². The van der Waals surface area contributed by atoms with Gasteiger partial charge in [-0.15, -0.1) is 12.4 Å². The van der Waals surface area contributed by atoms with Gasteiger partial charge in [0, 0.05) is 32.6 Å². The molecule has 29 heavy (non-hydrogen) atoms. The van der Waals surface area contributed by atoms with Crippen molar-refractivity contribution in [1.82, 2.24) is 15.1 Å². The van der Waals surface area contributed by atoms with Gasteiger partial charge in [-0.25, -0.2) is 0 Å². The Hall–Kier alpha value is -2.67. The fourth-order valence-corrected chi connectivity index (χ4v) is 3.06. The largest absolute Gasteiger partial charge is 0.380 e. The van der Waals surface area contributed by atoms with Crippen LogP contribution in [0.1, 0.15) is 17.5 Å². The zero-order valence-corrected chi connectivity index (χ0v) is 17.3. The Bertz CT molecular complexity index is 878. The van der Waals surface area contributed by atoms with E-state index < -0.39 is 0 Å². The molecule has 3 rings (SSSR count). The van der Waals surface area contributed by atoms with Crippen LogP contribution in [-0.4, -0.2) is 35.4 Å². The number of nitrogens with zero attached hydrogens (tertiary/aromatic N) is 2. The first-order chi connectivity index (χ1) is 13.7. The number of methoxy groups -OCH3 is 1. The summed E-state index contributed by atoms with van der Waals surface area (Å²) in [6.07, 6.45) is 3.74. The highest BCUT2D eigenvalue weighted by atomic mass is 35.5. The third-order valence-electron chi connectivity index (χ3n) is 4.67. The second-order valence-electron chi connectivity index (χ2n) is 6.63. The number of aromatic nitrogens is 2. The summed E-state index contributed by atoms with van der Waals surface area (Å²) in [6.45, 7) is 1.53. The Kier molecular flexibility index (Phi) is 8.86. The molecule has 0 spiro atoms. The predicted molar refractivity (Wildman–Crippen MR) is 117 cm³/mol. The van der Waals surface area contributed by atoms with Crippen LogP contribution in [0.4, 0.5) is 0 Å². The number of benzene rings is 2. The summed E-state index contributed by atoms with van der Waals surface area (Å²) in [6, 6.07) is 18.4. The number of nitrogens with one attached hydrogen (secondary N) is 1. The summed E-state index contributed by atoms with van der Waals surface area (Å²) in [5.41, 5.74) is 10.1. The first-order valence-electron chi connectivity index (χ1n) is 9.34. The normalized spacial score (nSPS) is 11.5. The number of halogens is 1. The van der Waals surface area contributed by atoms with Crippen molar-refractivity contribution in [2.75, 3.05) is 13.7 Å². The minimum absolute atomic E-state index is 0. The van der Waals surface area contributed by atoms with Gasteiger partial charge in [-0.2, -0.15) is 5.10 Å². The van der Waals surface area contributed by atoms with E-state index in [-0.39, 0.29) is 30.8 Å². The molecule has 0 fully saturated rings. The topological polar surface area (TPSA) is 82.2 Å². The van der Waals surface area contributed by atoms with Gasteiger partial charge in [-0.05, 0) is 28.3 Å². The second kappa shape index (κ2) is 11.4. The molecule has 0 saturated carbocycles. The lowest BCUT2D eigenvalue weighted by Gasteiger charge is -2.14. The van der Waals surface area contributed by atoms with Gasteiger partial charge in [0.2, 0.25) is 5.91 Å². The standard InChI is InChI=1S/C22H26N4O2.ClH/c1-28-20(14-23)13-22(27)24-15-19-5-2-3-6-21(19)18-9-7-17(8-10-18)16-26-12-4-11-25-26;/h2-12,20H,13-16,23H2,1H3,(H,24,27);1H. The molecule has 0 saturated heterocycles. The summed E-state index contributed by atoms with van der Waals surface area (Å²) < 4.78 is 7.07. The highest BCUT2D eigenvalue weighted by Crippen LogP contribution is 2.24. The van der Waals surface area contributed by atoms with Gasteiger partial charge in [-0.1, -0.05) is 48.5 Å². The van der Waals surface area contributed by atoms with Crippen molar-refractivity contribution in [3.05, 3.63) is 78.1 Å². The van der Waals surface area contributed by atoms with E-state index in [1.54, 1.807) is 13.3 Å². The first kappa shape index (κ1) is 22.6. The number of carbonyl (C=O) groups excluding carboxylic acids is 1. The second-order valence-corrected chi connectivity index (χ2v) is 6.63. The van der Waals surface area contributed by atoms with E-state index in [9.17, 15) is 4.79 Å². The van der Waals surface area contributed by atoms with Gasteiger partial charge in [0.05, 0.1) is 19.1 Å². The summed E-state index contributed by atoms with van der Waals surface area (Å²) >= 11 is 0. The van der Waals surface area contributed by atoms with Crippen LogP contribution in [0.5, 0.6) is 0 Å². The quantitative estimate of drug-likeness (QED) is 0.564. The van der Waals surface area contributed by atoms with Gasteiger partial charge in [-0.3, -0.25) is 9.48 Å². The molecule has 154 valence electrons. The molecule has 0 aliphatic rings. The molecule has 0 radical (unpaired) electrons. The van der Waals surface area contributed by atoms with Gasteiger partial charge in [0.25, 0.3) is 0 Å². The number of hydrogen-bond acceptors (Lipinski definition) is 4. The van der Waals surface area contributed by atoms with Gasteiger partial charge >= 0.3 is 0 Å². The van der Waals surface area contributed by atoms with Gasteiger partial charge in [0.1, 0.15) is 0 Å². The lowest BCUT2D eigenvalue weighted by atomic mass is 9.98. The van der Waals surface area contributed by atoms with Crippen LogP contribution in [0.25, 0.3) is 11.1 Å². The van der Waals surface area contributed by atoms with E-state index in [1.807, 2.05) is 35.1 Å². The Morgan fingerprint density at radius 2 is 1.93 bits per heavy atom. The summed E-state index contributed by atoms with van der Waals surface area (Å²) in [5, 5.41) is 7.20. The number of rotatable bonds is 9. The van der Waals surface area contributed by atoms with Crippen molar-refractivity contribution >= 4 is 18.3 Å². The predicted octanol–water partition coefficient (Wildman–Crippen LogP) is 3.00. The van der Waals surface area contributed by atoms with Crippen molar-refractivity contribution in [2.45, 2.75) is 25.6 Å². The Labute approximate surface area is 177 Å². The monoisotopic (exact) mass is 414 g/mol. The molecule has 1 atom stereocenters. The lowest BCUT2D eigenvalue weighted by Crippen LogP contribution is -2.32. The maximum Gasteiger partial charge on any atom is 0.222 e. The molecule has 2 aromatic carbocycles. The molecule has 7 heteroatoms. The summed E-state index contributed by atoms with van der Waals surface area (Å²) in [5.74, 6) is -0.0679. The van der Waals surface area contributed by atoms with Crippen molar-refractivity contribution in [1.29, 1.82) is 0 Å². The third-order valence-corrected chi connectivity index (χ3v) is 4.67. The van der Waals surface area contributed by atoms with Gasteiger partial charge < -0.3 is 15.8 Å². The molecule has 0 bridgehead atoms. The molecular formula is C22H27ClN4O2. The SMILES string of the molecule is COC(CN)CC(=O)NCc1ccccc1-c1ccc(Cn2cccn2)cc1.Cl. The van der Waals surface area contributed by atoms with Crippen LogP contribution < -0.4 is 11.1 Å². The first-order valence-corrected chi connectivity index (χ1v) is 9.34. The Balaban J connectivity index is 0.00000300. The number of amides is 1. The van der Waals surface area contributed by atoms with Crippen molar-refractivity contribution in [2.24, 2.45) is 5.73 Å². The maximum atomic E-state index is 12.1. The Morgan fingerprint density at radius 3 is 2.59 bits per heavy atom. The highest BCUT2D eigenvalue weighted by molar-refractivity contribution is 5.85. The molecular weight excluding hydrogens is 388 g/mol. The minimum atomic E-state index is -0.252. The molecule has 1 heterocycles. The average molecular weight is 415 g/mol. The molecule has 3 N–H and O–H groups in total. The molecule has 1 aromatic heterocycles. The van der Waals surface area contributed by atoms with E-state index in [0.717, 1.165) is 23.2 Å². The summed E-state index contributed by atoms with van der Waals surface area (Å²) in [7, 11) is 1.57. The van der Waals surface area contributed by atoms with E-state index in [0.29, 0.717) is 13.1 Å². The third kappa shape index (κ3) is 6.42. The molecule has 3 aromatic rings. The Morgan fingerprint density at radius 1 is 1.17 bits per heavy atom. The smallest absolute Gasteiger partial charge is 0.222 e. The van der Waals surface area contributed by atoms with Crippen molar-refractivity contribution < 1.29 is 9.53 Å². The molecule has 0 aliphatic carbocycles. The van der Waals surface area contributed by atoms with Crippen LogP contribution in [0, 0.1) is 0 Å². The van der Waals surface area contributed by atoms with Crippen LogP contribution in [0.2, 0.25) is 0 Å². The summed E-state index contributed by atoms with van der Waals surface area (Å²) in [4.78, 5) is 12.1. The fraction of sp³-hybridized carbons (Fsp3) is 0.273. The zero-order valence-electron chi connectivity index (χ0n) is 16.5. The molecule has 0 aliphatic heterocycles. The zero-order chi connectivity index (χ0) is 19.8. The van der Waals surface area contributed by atoms with Crippen LogP contribution >= 0.6 is 12.4 Å². The van der Waals surface area contributed by atoms with E-state index in [2.05, 4.69) is 40.7 Å². The number of ether oxygens (including phenoxy) is 1. The molecule has 1 unspecified atom stereocenters. The van der Waals surface area contributed by atoms with Crippen LogP contribution in [0.3, 0.4) is 0 Å². The van der Waals surface area contributed by atoms with Crippen LogP contribution in [0.15, 0.2) is 67.0 Å².